The summed E-state index contributed by atoms with van der Waals surface area (Å²) in [6, 6.07) is 3.21. The van der Waals surface area contributed by atoms with E-state index in [-0.39, 0.29) is 0 Å². The Morgan fingerprint density at radius 1 is 1.69 bits per heavy atom. The first-order valence-corrected chi connectivity index (χ1v) is 3.62. The highest BCUT2D eigenvalue weighted by Gasteiger charge is 2.08. The van der Waals surface area contributed by atoms with Gasteiger partial charge in [0, 0.05) is 6.07 Å². The fourth-order valence-corrected chi connectivity index (χ4v) is 0.958. The van der Waals surface area contributed by atoms with Crippen LogP contribution in [-0.4, -0.2) is 17.3 Å². The van der Waals surface area contributed by atoms with Gasteiger partial charge >= 0.3 is 0 Å². The largest absolute Gasteiger partial charge is 0.411 e. The van der Waals surface area contributed by atoms with Crippen LogP contribution in [0.15, 0.2) is 23.5 Å². The molecule has 1 amide bonds. The van der Waals surface area contributed by atoms with Crippen LogP contribution in [0.4, 0.5) is 0 Å². The van der Waals surface area contributed by atoms with E-state index in [0.29, 0.717) is 11.3 Å². The minimum atomic E-state index is -0.483. The summed E-state index contributed by atoms with van der Waals surface area (Å²) in [6.45, 7) is 0. The number of hydrogen-bond acceptors (Lipinski definition) is 3. The standard InChI is InChI=1S/C8H9N3O2/c1-11-5-6(8(9)12)2-3-7(11)4-10-13/h2-5H,1H3,(H2,9,12)/p+1. The molecule has 0 aliphatic rings. The number of amides is 1. The van der Waals surface area contributed by atoms with Crippen molar-refractivity contribution in [2.45, 2.75) is 0 Å². The molecule has 1 rings (SSSR count). The lowest BCUT2D eigenvalue weighted by atomic mass is 10.2. The SMILES string of the molecule is C[n+]1cc(C(N)=O)ccc1/C=N/O. The Balaban J connectivity index is 3.12. The smallest absolute Gasteiger partial charge is 0.254 e. The van der Waals surface area contributed by atoms with Crippen LogP contribution in [0.3, 0.4) is 0 Å². The van der Waals surface area contributed by atoms with E-state index < -0.39 is 5.91 Å². The minimum absolute atomic E-state index is 0.414. The van der Waals surface area contributed by atoms with Gasteiger partial charge in [0.15, 0.2) is 6.20 Å². The average Bonchev–Trinajstić information content (AvgIpc) is 2.08. The molecule has 0 aromatic carbocycles. The molecule has 0 spiro atoms. The van der Waals surface area contributed by atoms with Gasteiger partial charge in [0.2, 0.25) is 5.69 Å². The van der Waals surface area contributed by atoms with Crippen LogP contribution in [-0.2, 0) is 7.05 Å². The van der Waals surface area contributed by atoms with Gasteiger partial charge in [-0.2, -0.15) is 4.57 Å². The van der Waals surface area contributed by atoms with Gasteiger partial charge in [-0.05, 0) is 6.07 Å². The number of rotatable bonds is 2. The number of aryl methyl sites for hydroxylation is 1. The van der Waals surface area contributed by atoms with Crippen LogP contribution in [0.2, 0.25) is 0 Å². The fourth-order valence-electron chi connectivity index (χ4n) is 0.958. The predicted molar refractivity (Wildman–Crippen MR) is 45.5 cm³/mol. The summed E-state index contributed by atoms with van der Waals surface area (Å²) in [4.78, 5) is 10.7. The Kier molecular flexibility index (Phi) is 2.59. The molecule has 0 saturated carbocycles. The van der Waals surface area contributed by atoms with Gasteiger partial charge in [-0.1, -0.05) is 5.16 Å². The van der Waals surface area contributed by atoms with E-state index in [1.165, 1.54) is 6.21 Å². The number of hydrogen-bond donors (Lipinski definition) is 2. The Morgan fingerprint density at radius 3 is 2.85 bits per heavy atom. The summed E-state index contributed by atoms with van der Waals surface area (Å²) in [6.07, 6.45) is 2.84. The van der Waals surface area contributed by atoms with Crippen LogP contribution in [0, 0.1) is 0 Å². The van der Waals surface area contributed by atoms with Gasteiger partial charge in [-0.15, -0.1) is 0 Å². The molecule has 0 radical (unpaired) electrons. The summed E-state index contributed by atoms with van der Waals surface area (Å²) < 4.78 is 1.64. The second kappa shape index (κ2) is 3.66. The first-order chi connectivity index (χ1) is 6.15. The summed E-state index contributed by atoms with van der Waals surface area (Å²) in [5.41, 5.74) is 6.16. The van der Waals surface area contributed by atoms with E-state index in [2.05, 4.69) is 5.16 Å². The van der Waals surface area contributed by atoms with E-state index in [4.69, 9.17) is 10.9 Å². The number of nitrogens with two attached hydrogens (primary N) is 1. The van der Waals surface area contributed by atoms with E-state index in [1.54, 1.807) is 29.9 Å². The second-order valence-electron chi connectivity index (χ2n) is 2.56. The van der Waals surface area contributed by atoms with E-state index >= 15 is 0 Å². The zero-order valence-corrected chi connectivity index (χ0v) is 7.14. The molecule has 1 heterocycles. The number of nitrogens with zero attached hydrogens (tertiary/aromatic N) is 2. The van der Waals surface area contributed by atoms with Gasteiger partial charge in [-0.25, -0.2) is 0 Å². The number of pyridine rings is 1. The molecule has 0 aliphatic carbocycles. The zero-order chi connectivity index (χ0) is 9.84. The molecule has 13 heavy (non-hydrogen) atoms. The van der Waals surface area contributed by atoms with Crippen molar-refractivity contribution in [3.63, 3.8) is 0 Å². The molecule has 1 aromatic heterocycles. The molecule has 0 fully saturated rings. The molecule has 1 aromatic rings. The summed E-state index contributed by atoms with van der Waals surface area (Å²) in [5, 5.41) is 11.2. The maximum atomic E-state index is 10.7. The van der Waals surface area contributed by atoms with Crippen LogP contribution in [0.25, 0.3) is 0 Å². The highest BCUT2D eigenvalue weighted by molar-refractivity contribution is 5.92. The molecule has 0 unspecified atom stereocenters. The number of carbonyl (C=O) groups excluding carboxylic acids is 1. The quantitative estimate of drug-likeness (QED) is 0.276. The molecule has 5 nitrogen and oxygen atoms in total. The Morgan fingerprint density at radius 2 is 2.38 bits per heavy atom. The molecule has 0 saturated heterocycles. The normalized spacial score (nSPS) is 10.5. The van der Waals surface area contributed by atoms with Gasteiger partial charge < -0.3 is 10.9 Å². The fraction of sp³-hybridized carbons (Fsp3) is 0.125. The van der Waals surface area contributed by atoms with Crippen molar-refractivity contribution < 1.29 is 14.6 Å². The van der Waals surface area contributed by atoms with Gasteiger partial charge in [0.25, 0.3) is 5.91 Å². The number of aromatic nitrogens is 1. The molecular formula is C8H10N3O2+. The number of primary amides is 1. The second-order valence-corrected chi connectivity index (χ2v) is 2.56. The first-order valence-electron chi connectivity index (χ1n) is 3.62. The van der Waals surface area contributed by atoms with Gasteiger partial charge in [0.1, 0.15) is 18.8 Å². The van der Waals surface area contributed by atoms with Crippen LogP contribution in [0.5, 0.6) is 0 Å². The monoisotopic (exact) mass is 180 g/mol. The summed E-state index contributed by atoms with van der Waals surface area (Å²) in [5.74, 6) is -0.483. The average molecular weight is 180 g/mol. The van der Waals surface area contributed by atoms with Crippen LogP contribution in [0.1, 0.15) is 16.1 Å². The third-order valence-corrected chi connectivity index (χ3v) is 1.65. The van der Waals surface area contributed by atoms with Crippen molar-refractivity contribution in [1.82, 2.24) is 0 Å². The van der Waals surface area contributed by atoms with Gasteiger partial charge in [0.05, 0.1) is 0 Å². The highest BCUT2D eigenvalue weighted by atomic mass is 16.4. The van der Waals surface area contributed by atoms with Crippen LogP contribution < -0.4 is 10.3 Å². The third-order valence-electron chi connectivity index (χ3n) is 1.65. The predicted octanol–water partition coefficient (Wildman–Crippen LogP) is -0.582. The maximum Gasteiger partial charge on any atom is 0.254 e. The third kappa shape index (κ3) is 2.02. The van der Waals surface area contributed by atoms with Gasteiger partial charge in [-0.3, -0.25) is 4.79 Å². The van der Waals surface area contributed by atoms with E-state index in [0.717, 1.165) is 0 Å². The van der Waals surface area contributed by atoms with E-state index in [9.17, 15) is 4.79 Å². The minimum Gasteiger partial charge on any atom is -0.411 e. The summed E-state index contributed by atoms with van der Waals surface area (Å²) >= 11 is 0. The van der Waals surface area contributed by atoms with Crippen molar-refractivity contribution >= 4 is 12.1 Å². The Hall–Kier alpha value is -1.91. The molecule has 3 N–H and O–H groups in total. The molecular weight excluding hydrogens is 170 g/mol. The highest BCUT2D eigenvalue weighted by Crippen LogP contribution is 1.94. The first kappa shape index (κ1) is 9.18. The van der Waals surface area contributed by atoms with Crippen molar-refractivity contribution in [3.05, 3.63) is 29.6 Å². The van der Waals surface area contributed by atoms with Crippen molar-refractivity contribution in [2.75, 3.05) is 0 Å². The summed E-state index contributed by atoms with van der Waals surface area (Å²) in [7, 11) is 1.73. The maximum absolute atomic E-state index is 10.7. The Labute approximate surface area is 75.1 Å². The van der Waals surface area contributed by atoms with E-state index in [1.807, 2.05) is 0 Å². The zero-order valence-electron chi connectivity index (χ0n) is 7.14. The lowest BCUT2D eigenvalue weighted by molar-refractivity contribution is -0.672. The number of oxime groups is 1. The van der Waals surface area contributed by atoms with Crippen molar-refractivity contribution in [3.8, 4) is 0 Å². The molecule has 0 atom stereocenters. The number of carbonyl (C=O) groups is 1. The Bertz CT molecular complexity index is 360. The molecule has 68 valence electrons. The molecule has 0 aliphatic heterocycles. The topological polar surface area (TPSA) is 79.6 Å². The lowest BCUT2D eigenvalue weighted by Crippen LogP contribution is -2.34. The van der Waals surface area contributed by atoms with Crippen molar-refractivity contribution in [2.24, 2.45) is 17.9 Å². The lowest BCUT2D eigenvalue weighted by Gasteiger charge is -1.95. The van der Waals surface area contributed by atoms with Crippen LogP contribution >= 0.6 is 0 Å². The molecule has 0 bridgehead atoms. The van der Waals surface area contributed by atoms with Crippen molar-refractivity contribution in [1.29, 1.82) is 0 Å². The molecule has 5 heteroatoms.